The van der Waals surface area contributed by atoms with E-state index in [2.05, 4.69) is 10.4 Å². The Kier molecular flexibility index (Phi) is 3.12. The minimum absolute atomic E-state index is 0.0990. The highest BCUT2D eigenvalue weighted by molar-refractivity contribution is 6.31. The minimum Gasteiger partial charge on any atom is -0.394 e. The van der Waals surface area contributed by atoms with E-state index < -0.39 is 0 Å². The quantitative estimate of drug-likeness (QED) is 0.880. The molecular weight excluding hydrogens is 250 g/mol. The summed E-state index contributed by atoms with van der Waals surface area (Å²) in [7, 11) is 0. The van der Waals surface area contributed by atoms with Gasteiger partial charge in [0.05, 0.1) is 23.4 Å². The summed E-state index contributed by atoms with van der Waals surface area (Å²) in [5.41, 5.74) is 0.784. The molecule has 1 aromatic rings. The molecule has 2 unspecified atom stereocenters. The molecule has 2 aliphatic rings. The van der Waals surface area contributed by atoms with E-state index in [1.165, 1.54) is 12.8 Å². The first-order valence-corrected chi connectivity index (χ1v) is 7.09. The number of halogens is 1. The summed E-state index contributed by atoms with van der Waals surface area (Å²) >= 11 is 6.06. The van der Waals surface area contributed by atoms with Gasteiger partial charge in [-0.25, -0.2) is 0 Å². The lowest BCUT2D eigenvalue weighted by Crippen LogP contribution is -2.47. The summed E-state index contributed by atoms with van der Waals surface area (Å²) < 4.78 is 1.98. The number of hydrogen-bond acceptors (Lipinski definition) is 3. The van der Waals surface area contributed by atoms with Crippen molar-refractivity contribution in [3.63, 3.8) is 0 Å². The summed E-state index contributed by atoms with van der Waals surface area (Å²) in [5.74, 6) is 0. The molecule has 0 spiro atoms. The number of hydrogen-bond donors (Lipinski definition) is 2. The zero-order valence-corrected chi connectivity index (χ0v) is 11.5. The summed E-state index contributed by atoms with van der Waals surface area (Å²) in [4.78, 5) is 0. The highest BCUT2D eigenvalue weighted by Crippen LogP contribution is 2.40. The van der Waals surface area contributed by atoms with Gasteiger partial charge in [0.2, 0.25) is 0 Å². The molecule has 2 saturated carbocycles. The Morgan fingerprint density at radius 3 is 2.89 bits per heavy atom. The monoisotopic (exact) mass is 269 g/mol. The first-order chi connectivity index (χ1) is 8.62. The van der Waals surface area contributed by atoms with Crippen molar-refractivity contribution in [3.8, 4) is 0 Å². The third-order valence-corrected chi connectivity index (χ3v) is 4.57. The predicted octanol–water partition coefficient (Wildman–Crippen LogP) is 2.05. The van der Waals surface area contributed by atoms with Gasteiger partial charge in [0.1, 0.15) is 0 Å². The SMILES string of the molecule is Cc1nn(C2CCC(CO)(NC3CC3)C2)cc1Cl. The van der Waals surface area contributed by atoms with Crippen molar-refractivity contribution in [2.24, 2.45) is 0 Å². The molecule has 2 atom stereocenters. The van der Waals surface area contributed by atoms with E-state index in [1.54, 1.807) is 0 Å². The summed E-state index contributed by atoms with van der Waals surface area (Å²) in [6.45, 7) is 2.14. The lowest BCUT2D eigenvalue weighted by atomic mass is 9.98. The van der Waals surface area contributed by atoms with Gasteiger partial charge in [-0.1, -0.05) is 11.6 Å². The highest BCUT2D eigenvalue weighted by Gasteiger charge is 2.42. The molecule has 0 bridgehead atoms. The fourth-order valence-corrected chi connectivity index (χ4v) is 3.09. The largest absolute Gasteiger partial charge is 0.394 e. The molecule has 2 N–H and O–H groups in total. The van der Waals surface area contributed by atoms with E-state index in [0.29, 0.717) is 12.1 Å². The van der Waals surface area contributed by atoms with Crippen molar-refractivity contribution in [1.82, 2.24) is 15.1 Å². The predicted molar refractivity (Wildman–Crippen MR) is 70.8 cm³/mol. The Bertz CT molecular complexity index is 424. The van der Waals surface area contributed by atoms with Crippen molar-refractivity contribution < 1.29 is 5.11 Å². The number of rotatable bonds is 4. The third kappa shape index (κ3) is 2.29. The molecule has 0 saturated heterocycles. The maximum Gasteiger partial charge on any atom is 0.0815 e. The first-order valence-electron chi connectivity index (χ1n) is 6.72. The normalized spacial score (nSPS) is 32.1. The fourth-order valence-electron chi connectivity index (χ4n) is 2.95. The van der Waals surface area contributed by atoms with Gasteiger partial charge in [0, 0.05) is 17.8 Å². The second-order valence-electron chi connectivity index (χ2n) is 5.80. The van der Waals surface area contributed by atoms with Crippen LogP contribution in [0, 0.1) is 6.92 Å². The molecule has 0 aliphatic heterocycles. The van der Waals surface area contributed by atoms with Gasteiger partial charge in [-0.2, -0.15) is 5.10 Å². The molecule has 0 amide bonds. The van der Waals surface area contributed by atoms with Crippen molar-refractivity contribution in [3.05, 3.63) is 16.9 Å². The number of aliphatic hydroxyl groups excluding tert-OH is 1. The molecule has 1 aromatic heterocycles. The van der Waals surface area contributed by atoms with E-state index in [4.69, 9.17) is 11.6 Å². The zero-order chi connectivity index (χ0) is 12.8. The van der Waals surface area contributed by atoms with E-state index >= 15 is 0 Å². The molecule has 3 rings (SSSR count). The van der Waals surface area contributed by atoms with E-state index in [9.17, 15) is 5.11 Å². The van der Waals surface area contributed by atoms with Crippen LogP contribution in [0.2, 0.25) is 5.02 Å². The molecule has 0 radical (unpaired) electrons. The number of nitrogens with one attached hydrogen (secondary N) is 1. The minimum atomic E-state index is -0.0990. The van der Waals surface area contributed by atoms with Crippen LogP contribution in [0.4, 0.5) is 0 Å². The van der Waals surface area contributed by atoms with Gasteiger partial charge < -0.3 is 10.4 Å². The number of aromatic nitrogens is 2. The average molecular weight is 270 g/mol. The average Bonchev–Trinajstić information content (AvgIpc) is 2.95. The summed E-state index contributed by atoms with van der Waals surface area (Å²) in [6, 6.07) is 0.980. The van der Waals surface area contributed by atoms with Gasteiger partial charge in [-0.3, -0.25) is 4.68 Å². The van der Waals surface area contributed by atoms with Crippen LogP contribution < -0.4 is 5.32 Å². The molecule has 1 heterocycles. The van der Waals surface area contributed by atoms with Crippen LogP contribution in [0.15, 0.2) is 6.20 Å². The Morgan fingerprint density at radius 1 is 1.56 bits per heavy atom. The van der Waals surface area contributed by atoms with Crippen LogP contribution in [0.5, 0.6) is 0 Å². The summed E-state index contributed by atoms with van der Waals surface area (Å²) in [5, 5.41) is 18.5. The molecule has 2 fully saturated rings. The Hall–Kier alpha value is -0.580. The third-order valence-electron chi connectivity index (χ3n) is 4.20. The number of nitrogens with zero attached hydrogens (tertiary/aromatic N) is 2. The fraction of sp³-hybridized carbons (Fsp3) is 0.769. The van der Waals surface area contributed by atoms with Crippen molar-refractivity contribution >= 4 is 11.6 Å². The molecule has 100 valence electrons. The van der Waals surface area contributed by atoms with E-state index in [1.807, 2.05) is 17.8 Å². The second-order valence-corrected chi connectivity index (χ2v) is 6.20. The lowest BCUT2D eigenvalue weighted by Gasteiger charge is -2.28. The van der Waals surface area contributed by atoms with Crippen LogP contribution in [0.1, 0.15) is 43.8 Å². The molecule has 4 nitrogen and oxygen atoms in total. The van der Waals surface area contributed by atoms with Gasteiger partial charge in [0.15, 0.2) is 0 Å². The van der Waals surface area contributed by atoms with Crippen LogP contribution in [0.25, 0.3) is 0 Å². The molecule has 2 aliphatic carbocycles. The van der Waals surface area contributed by atoms with Crippen LogP contribution >= 0.6 is 11.6 Å². The van der Waals surface area contributed by atoms with Crippen molar-refractivity contribution in [2.75, 3.05) is 6.61 Å². The molecule has 0 aromatic carbocycles. The molecule has 5 heteroatoms. The Morgan fingerprint density at radius 2 is 2.33 bits per heavy atom. The summed E-state index contributed by atoms with van der Waals surface area (Å²) in [6.07, 6.45) is 7.42. The standard InChI is InChI=1S/C13H20ClN3O/c1-9-12(14)7-17(16-9)11-4-5-13(6-11,8-18)15-10-2-3-10/h7,10-11,15,18H,2-6,8H2,1H3. The maximum absolute atomic E-state index is 9.70. The topological polar surface area (TPSA) is 50.1 Å². The van der Waals surface area contributed by atoms with Gasteiger partial charge in [-0.15, -0.1) is 0 Å². The highest BCUT2D eigenvalue weighted by atomic mass is 35.5. The molecule has 18 heavy (non-hydrogen) atoms. The van der Waals surface area contributed by atoms with E-state index in [0.717, 1.165) is 30.0 Å². The Balaban J connectivity index is 1.72. The molecular formula is C13H20ClN3O. The van der Waals surface area contributed by atoms with Gasteiger partial charge in [-0.05, 0) is 39.0 Å². The maximum atomic E-state index is 9.70. The zero-order valence-electron chi connectivity index (χ0n) is 10.7. The van der Waals surface area contributed by atoms with Gasteiger partial charge in [0.25, 0.3) is 0 Å². The van der Waals surface area contributed by atoms with Crippen molar-refractivity contribution in [2.45, 2.75) is 56.7 Å². The first kappa shape index (κ1) is 12.5. The lowest BCUT2D eigenvalue weighted by molar-refractivity contribution is 0.158. The van der Waals surface area contributed by atoms with E-state index in [-0.39, 0.29) is 12.1 Å². The second kappa shape index (κ2) is 4.51. The van der Waals surface area contributed by atoms with Crippen LogP contribution in [-0.2, 0) is 0 Å². The number of aryl methyl sites for hydroxylation is 1. The van der Waals surface area contributed by atoms with Crippen molar-refractivity contribution in [1.29, 1.82) is 0 Å². The Labute approximate surface area is 112 Å². The van der Waals surface area contributed by atoms with Crippen LogP contribution in [0.3, 0.4) is 0 Å². The smallest absolute Gasteiger partial charge is 0.0815 e. The van der Waals surface area contributed by atoms with Crippen LogP contribution in [-0.4, -0.2) is 33.1 Å². The number of aliphatic hydroxyl groups is 1. The van der Waals surface area contributed by atoms with Gasteiger partial charge >= 0.3 is 0 Å².